The fourth-order valence-corrected chi connectivity index (χ4v) is 3.78. The van der Waals surface area contributed by atoms with Crippen molar-refractivity contribution in [1.82, 2.24) is 5.32 Å². The summed E-state index contributed by atoms with van der Waals surface area (Å²) < 4.78 is 5.21. The largest absolute Gasteiger partial charge is 0.385 e. The number of unbranched alkanes of at least 4 members (excludes halogenated alkanes) is 1. The SMILES string of the molecule is COCCCCC1(CNC(C)C)CCC(C(C)(C)C)CC1. The molecule has 1 fully saturated rings. The molecule has 1 aliphatic carbocycles. The maximum atomic E-state index is 5.21. The molecule has 0 bridgehead atoms. The Hall–Kier alpha value is -0.0800. The number of rotatable bonds is 8. The van der Waals surface area contributed by atoms with E-state index in [0.29, 0.717) is 16.9 Å². The van der Waals surface area contributed by atoms with Crippen LogP contribution in [0.4, 0.5) is 0 Å². The summed E-state index contributed by atoms with van der Waals surface area (Å²) in [5.74, 6) is 0.906. The van der Waals surface area contributed by atoms with Crippen molar-refractivity contribution in [2.24, 2.45) is 16.7 Å². The van der Waals surface area contributed by atoms with Crippen LogP contribution in [-0.2, 0) is 4.74 Å². The second-order valence-electron chi connectivity index (χ2n) is 8.63. The molecule has 1 N–H and O–H groups in total. The zero-order valence-corrected chi connectivity index (χ0v) is 15.4. The first-order valence-electron chi connectivity index (χ1n) is 9.01. The normalized spacial score (nSPS) is 27.3. The van der Waals surface area contributed by atoms with E-state index in [2.05, 4.69) is 39.9 Å². The molecule has 0 heterocycles. The van der Waals surface area contributed by atoms with Gasteiger partial charge in [0.1, 0.15) is 0 Å². The molecule has 2 heteroatoms. The highest BCUT2D eigenvalue weighted by Crippen LogP contribution is 2.47. The maximum absolute atomic E-state index is 5.21. The molecule has 0 spiro atoms. The van der Waals surface area contributed by atoms with E-state index in [9.17, 15) is 0 Å². The summed E-state index contributed by atoms with van der Waals surface area (Å²) in [6.07, 6.45) is 9.52. The van der Waals surface area contributed by atoms with Gasteiger partial charge < -0.3 is 10.1 Å². The van der Waals surface area contributed by atoms with E-state index < -0.39 is 0 Å². The minimum Gasteiger partial charge on any atom is -0.385 e. The molecular weight excluding hydrogens is 258 g/mol. The van der Waals surface area contributed by atoms with Crippen molar-refractivity contribution < 1.29 is 4.74 Å². The summed E-state index contributed by atoms with van der Waals surface area (Å²) in [4.78, 5) is 0. The van der Waals surface area contributed by atoms with E-state index in [1.165, 1.54) is 51.5 Å². The zero-order chi connectivity index (χ0) is 15.9. The van der Waals surface area contributed by atoms with Crippen molar-refractivity contribution in [3.05, 3.63) is 0 Å². The molecule has 1 saturated carbocycles. The first-order chi connectivity index (χ1) is 9.79. The lowest BCUT2D eigenvalue weighted by molar-refractivity contribution is 0.0739. The minimum atomic E-state index is 0.480. The van der Waals surface area contributed by atoms with Gasteiger partial charge in [-0.05, 0) is 55.3 Å². The van der Waals surface area contributed by atoms with Crippen molar-refractivity contribution in [1.29, 1.82) is 0 Å². The van der Waals surface area contributed by atoms with Crippen molar-refractivity contribution in [3.8, 4) is 0 Å². The van der Waals surface area contributed by atoms with E-state index in [-0.39, 0.29) is 0 Å². The summed E-state index contributed by atoms with van der Waals surface area (Å²) in [6.45, 7) is 13.9. The molecule has 0 aliphatic heterocycles. The molecule has 1 aliphatic rings. The highest BCUT2D eigenvalue weighted by Gasteiger charge is 2.38. The Bertz CT molecular complexity index is 272. The average Bonchev–Trinajstić information content (AvgIpc) is 2.41. The van der Waals surface area contributed by atoms with Crippen LogP contribution in [0.2, 0.25) is 0 Å². The number of hydrogen-bond acceptors (Lipinski definition) is 2. The monoisotopic (exact) mass is 297 g/mol. The van der Waals surface area contributed by atoms with Crippen LogP contribution in [0.15, 0.2) is 0 Å². The van der Waals surface area contributed by atoms with Crippen LogP contribution in [0.1, 0.15) is 79.6 Å². The molecule has 0 aromatic rings. The Balaban J connectivity index is 2.54. The van der Waals surface area contributed by atoms with Crippen molar-refractivity contribution in [2.45, 2.75) is 85.6 Å². The first kappa shape index (κ1) is 19.0. The van der Waals surface area contributed by atoms with Crippen LogP contribution >= 0.6 is 0 Å². The third-order valence-corrected chi connectivity index (χ3v) is 5.46. The Morgan fingerprint density at radius 3 is 2.24 bits per heavy atom. The van der Waals surface area contributed by atoms with Crippen LogP contribution in [0.5, 0.6) is 0 Å². The lowest BCUT2D eigenvalue weighted by Crippen LogP contribution is -2.41. The van der Waals surface area contributed by atoms with Crippen LogP contribution in [0.3, 0.4) is 0 Å². The number of nitrogens with one attached hydrogen (secondary N) is 1. The average molecular weight is 298 g/mol. The number of methoxy groups -OCH3 is 1. The summed E-state index contributed by atoms with van der Waals surface area (Å²) >= 11 is 0. The predicted molar refractivity (Wildman–Crippen MR) is 92.7 cm³/mol. The molecule has 2 nitrogen and oxygen atoms in total. The molecule has 0 saturated heterocycles. The molecular formula is C19H39NO. The van der Waals surface area contributed by atoms with Crippen molar-refractivity contribution in [2.75, 3.05) is 20.3 Å². The van der Waals surface area contributed by atoms with Crippen LogP contribution in [0, 0.1) is 16.7 Å². The van der Waals surface area contributed by atoms with E-state index in [1.54, 1.807) is 0 Å². The van der Waals surface area contributed by atoms with Gasteiger partial charge in [0.15, 0.2) is 0 Å². The molecule has 0 aromatic heterocycles. The van der Waals surface area contributed by atoms with Gasteiger partial charge in [0.05, 0.1) is 0 Å². The van der Waals surface area contributed by atoms with E-state index in [0.717, 1.165) is 12.5 Å². The molecule has 0 atom stereocenters. The van der Waals surface area contributed by atoms with E-state index in [4.69, 9.17) is 4.74 Å². The maximum Gasteiger partial charge on any atom is 0.0462 e. The summed E-state index contributed by atoms with van der Waals surface area (Å²) in [5, 5.41) is 3.72. The topological polar surface area (TPSA) is 21.3 Å². The number of ether oxygens (including phenoxy) is 1. The fourth-order valence-electron chi connectivity index (χ4n) is 3.78. The number of hydrogen-bond donors (Lipinski definition) is 1. The second-order valence-corrected chi connectivity index (χ2v) is 8.63. The molecule has 21 heavy (non-hydrogen) atoms. The Kier molecular flexibility index (Phi) is 7.70. The minimum absolute atomic E-state index is 0.480. The fraction of sp³-hybridized carbons (Fsp3) is 1.00. The Morgan fingerprint density at radius 1 is 1.14 bits per heavy atom. The van der Waals surface area contributed by atoms with Gasteiger partial charge in [-0.3, -0.25) is 0 Å². The summed E-state index contributed by atoms with van der Waals surface area (Å²) in [6, 6.07) is 0.598. The zero-order valence-electron chi connectivity index (χ0n) is 15.4. The molecule has 0 amide bonds. The molecule has 126 valence electrons. The highest BCUT2D eigenvalue weighted by atomic mass is 16.5. The molecule has 0 radical (unpaired) electrons. The van der Waals surface area contributed by atoms with Gasteiger partial charge in [-0.25, -0.2) is 0 Å². The summed E-state index contributed by atoms with van der Waals surface area (Å²) in [7, 11) is 1.81. The first-order valence-corrected chi connectivity index (χ1v) is 9.01. The van der Waals surface area contributed by atoms with Gasteiger partial charge in [-0.2, -0.15) is 0 Å². The van der Waals surface area contributed by atoms with E-state index >= 15 is 0 Å². The lowest BCUT2D eigenvalue weighted by atomic mass is 9.62. The van der Waals surface area contributed by atoms with Gasteiger partial charge in [0.2, 0.25) is 0 Å². The third-order valence-electron chi connectivity index (χ3n) is 5.46. The Morgan fingerprint density at radius 2 is 1.76 bits per heavy atom. The molecule has 1 rings (SSSR count). The third kappa shape index (κ3) is 6.69. The highest BCUT2D eigenvalue weighted by molar-refractivity contribution is 4.90. The Labute approximate surface area is 133 Å². The van der Waals surface area contributed by atoms with Crippen molar-refractivity contribution in [3.63, 3.8) is 0 Å². The molecule has 0 unspecified atom stereocenters. The van der Waals surface area contributed by atoms with Crippen LogP contribution in [0.25, 0.3) is 0 Å². The van der Waals surface area contributed by atoms with Crippen LogP contribution < -0.4 is 5.32 Å². The smallest absolute Gasteiger partial charge is 0.0462 e. The predicted octanol–water partition coefficient (Wildman–Crippen LogP) is 5.02. The quantitative estimate of drug-likeness (QED) is 0.635. The van der Waals surface area contributed by atoms with Gasteiger partial charge in [-0.1, -0.05) is 41.0 Å². The second kappa shape index (κ2) is 8.53. The van der Waals surface area contributed by atoms with E-state index in [1.807, 2.05) is 7.11 Å². The lowest BCUT2D eigenvalue weighted by Gasteiger charge is -2.45. The van der Waals surface area contributed by atoms with Gasteiger partial charge in [-0.15, -0.1) is 0 Å². The standard InChI is InChI=1S/C19H39NO/c1-16(2)20-15-19(11-7-8-14-21-6)12-9-17(10-13-19)18(3,4)5/h16-17,20H,7-15H2,1-6H3. The van der Waals surface area contributed by atoms with Crippen molar-refractivity contribution >= 4 is 0 Å². The molecule has 0 aromatic carbocycles. The van der Waals surface area contributed by atoms with Gasteiger partial charge >= 0.3 is 0 Å². The summed E-state index contributed by atoms with van der Waals surface area (Å²) in [5.41, 5.74) is 1.02. The van der Waals surface area contributed by atoms with Crippen LogP contribution in [-0.4, -0.2) is 26.3 Å². The van der Waals surface area contributed by atoms with Gasteiger partial charge in [0, 0.05) is 26.3 Å². The van der Waals surface area contributed by atoms with Gasteiger partial charge in [0.25, 0.3) is 0 Å².